The van der Waals surface area contributed by atoms with Crippen LogP contribution in [-0.2, 0) is 9.53 Å². The molecule has 1 heterocycles. The van der Waals surface area contributed by atoms with Crippen LogP contribution in [0.4, 0.5) is 5.82 Å². The van der Waals surface area contributed by atoms with Crippen molar-refractivity contribution in [3.8, 4) is 0 Å². The molecule has 0 bridgehead atoms. The number of carbonyl (C=O) groups excluding carboxylic acids is 1. The molecule has 0 N–H and O–H groups in total. The number of carbonyl (C=O) groups is 1. The van der Waals surface area contributed by atoms with Crippen LogP contribution in [0.15, 0.2) is 18.3 Å². The highest BCUT2D eigenvalue weighted by Crippen LogP contribution is 2.22. The van der Waals surface area contributed by atoms with E-state index in [2.05, 4.69) is 9.72 Å². The van der Waals surface area contributed by atoms with Crippen LogP contribution in [0.5, 0.6) is 0 Å². The lowest BCUT2D eigenvalue weighted by Crippen LogP contribution is -2.27. The summed E-state index contributed by atoms with van der Waals surface area (Å²) in [6, 6.07) is 3.56. The number of pyridine rings is 1. The van der Waals surface area contributed by atoms with E-state index in [1.54, 1.807) is 18.3 Å². The molecule has 1 aromatic rings. The smallest absolute Gasteiger partial charge is 0.307 e. The van der Waals surface area contributed by atoms with Crippen molar-refractivity contribution in [1.82, 2.24) is 4.98 Å². The Kier molecular flexibility index (Phi) is 5.05. The van der Waals surface area contributed by atoms with Crippen molar-refractivity contribution in [2.45, 2.75) is 13.3 Å². The molecule has 0 unspecified atom stereocenters. The second kappa shape index (κ2) is 6.33. The average molecular weight is 243 g/mol. The monoisotopic (exact) mass is 242 g/mol. The summed E-state index contributed by atoms with van der Waals surface area (Å²) < 4.78 is 4.59. The number of methoxy groups -OCH3 is 1. The van der Waals surface area contributed by atoms with Gasteiger partial charge in [0.2, 0.25) is 0 Å². The zero-order chi connectivity index (χ0) is 12.0. The van der Waals surface area contributed by atoms with Crippen LogP contribution in [0.3, 0.4) is 0 Å². The van der Waals surface area contributed by atoms with Gasteiger partial charge in [-0.2, -0.15) is 0 Å². The Hall–Kier alpha value is -1.29. The van der Waals surface area contributed by atoms with E-state index in [4.69, 9.17) is 11.6 Å². The normalized spacial score (nSPS) is 9.94. The number of hydrogen-bond donors (Lipinski definition) is 0. The highest BCUT2D eigenvalue weighted by Gasteiger charge is 2.11. The van der Waals surface area contributed by atoms with Gasteiger partial charge in [0.25, 0.3) is 0 Å². The number of nitrogens with zero attached hydrogens (tertiary/aromatic N) is 2. The minimum Gasteiger partial charge on any atom is -0.469 e. The molecular formula is C11H15ClN2O2. The molecule has 0 aliphatic rings. The molecule has 0 aliphatic heterocycles. The third-order valence-corrected chi connectivity index (χ3v) is 2.53. The molecule has 0 amide bonds. The van der Waals surface area contributed by atoms with Crippen molar-refractivity contribution >= 4 is 23.4 Å². The zero-order valence-corrected chi connectivity index (χ0v) is 10.2. The Bertz CT molecular complexity index is 358. The summed E-state index contributed by atoms with van der Waals surface area (Å²) in [5.41, 5.74) is 0. The van der Waals surface area contributed by atoms with Gasteiger partial charge >= 0.3 is 5.97 Å². The van der Waals surface area contributed by atoms with Crippen LogP contribution in [0.25, 0.3) is 0 Å². The highest BCUT2D eigenvalue weighted by atomic mass is 35.5. The van der Waals surface area contributed by atoms with Crippen molar-refractivity contribution in [2.75, 3.05) is 25.1 Å². The number of ether oxygens (including phenoxy) is 1. The Morgan fingerprint density at radius 3 is 2.94 bits per heavy atom. The number of esters is 1. The summed E-state index contributed by atoms with van der Waals surface area (Å²) in [4.78, 5) is 17.2. The third kappa shape index (κ3) is 3.38. The maximum Gasteiger partial charge on any atom is 0.307 e. The van der Waals surface area contributed by atoms with Crippen LogP contribution in [0, 0.1) is 0 Å². The second-order valence-electron chi connectivity index (χ2n) is 3.21. The maximum atomic E-state index is 11.0. The van der Waals surface area contributed by atoms with Crippen LogP contribution in [-0.4, -0.2) is 31.2 Å². The first kappa shape index (κ1) is 12.8. The molecule has 0 atom stereocenters. The molecule has 16 heavy (non-hydrogen) atoms. The van der Waals surface area contributed by atoms with Gasteiger partial charge in [-0.3, -0.25) is 4.79 Å². The molecule has 1 rings (SSSR count). The van der Waals surface area contributed by atoms with Crippen LogP contribution >= 0.6 is 11.6 Å². The minimum atomic E-state index is -0.231. The van der Waals surface area contributed by atoms with Crippen molar-refractivity contribution in [3.05, 3.63) is 23.4 Å². The fraction of sp³-hybridized carbons (Fsp3) is 0.455. The first-order valence-corrected chi connectivity index (χ1v) is 5.49. The van der Waals surface area contributed by atoms with Gasteiger partial charge in [-0.1, -0.05) is 11.6 Å². The van der Waals surface area contributed by atoms with Crippen molar-refractivity contribution in [1.29, 1.82) is 0 Å². The predicted molar refractivity (Wildman–Crippen MR) is 63.8 cm³/mol. The Morgan fingerprint density at radius 2 is 2.38 bits per heavy atom. The number of hydrogen-bond acceptors (Lipinski definition) is 4. The Labute approximate surface area is 100 Å². The number of anilines is 1. The first-order valence-electron chi connectivity index (χ1n) is 5.11. The van der Waals surface area contributed by atoms with Gasteiger partial charge in [0.15, 0.2) is 0 Å². The average Bonchev–Trinajstić information content (AvgIpc) is 2.31. The van der Waals surface area contributed by atoms with E-state index >= 15 is 0 Å². The van der Waals surface area contributed by atoms with Crippen LogP contribution in [0.2, 0.25) is 5.02 Å². The van der Waals surface area contributed by atoms with E-state index in [-0.39, 0.29) is 5.97 Å². The quantitative estimate of drug-likeness (QED) is 0.742. The van der Waals surface area contributed by atoms with E-state index in [1.807, 2.05) is 11.8 Å². The Balaban J connectivity index is 2.68. The summed E-state index contributed by atoms with van der Waals surface area (Å²) in [5, 5.41) is 0.592. The molecule has 0 radical (unpaired) electrons. The molecule has 4 nitrogen and oxygen atoms in total. The summed E-state index contributed by atoms with van der Waals surface area (Å²) in [5.74, 6) is 0.473. The number of halogens is 1. The number of rotatable bonds is 5. The molecule has 0 spiro atoms. The van der Waals surface area contributed by atoms with E-state index in [9.17, 15) is 4.79 Å². The van der Waals surface area contributed by atoms with Gasteiger partial charge in [-0.25, -0.2) is 4.98 Å². The molecule has 0 aliphatic carbocycles. The summed E-state index contributed by atoms with van der Waals surface area (Å²) >= 11 is 6.03. The summed E-state index contributed by atoms with van der Waals surface area (Å²) in [6.45, 7) is 3.29. The van der Waals surface area contributed by atoms with Gasteiger partial charge in [0.1, 0.15) is 5.82 Å². The van der Waals surface area contributed by atoms with Crippen LogP contribution in [0.1, 0.15) is 13.3 Å². The largest absolute Gasteiger partial charge is 0.469 e. The van der Waals surface area contributed by atoms with Crippen molar-refractivity contribution in [2.24, 2.45) is 0 Å². The third-order valence-electron chi connectivity index (χ3n) is 2.23. The topological polar surface area (TPSA) is 42.4 Å². The van der Waals surface area contributed by atoms with Crippen molar-refractivity contribution < 1.29 is 9.53 Å². The van der Waals surface area contributed by atoms with E-state index in [0.29, 0.717) is 23.8 Å². The van der Waals surface area contributed by atoms with E-state index in [0.717, 1.165) is 6.54 Å². The highest BCUT2D eigenvalue weighted by molar-refractivity contribution is 6.32. The summed E-state index contributed by atoms with van der Waals surface area (Å²) in [6.07, 6.45) is 2.01. The van der Waals surface area contributed by atoms with Gasteiger partial charge in [-0.15, -0.1) is 0 Å². The molecule has 1 aromatic heterocycles. The SMILES string of the molecule is CCN(CCC(=O)OC)c1ncccc1Cl. The molecule has 0 saturated carbocycles. The lowest BCUT2D eigenvalue weighted by molar-refractivity contribution is -0.140. The van der Waals surface area contributed by atoms with Gasteiger partial charge in [0.05, 0.1) is 18.6 Å². The second-order valence-corrected chi connectivity index (χ2v) is 3.62. The summed E-state index contributed by atoms with van der Waals surface area (Å²) in [7, 11) is 1.38. The predicted octanol–water partition coefficient (Wildman–Crippen LogP) is 2.12. The fourth-order valence-electron chi connectivity index (χ4n) is 1.35. The molecule has 5 heteroatoms. The molecule has 0 saturated heterocycles. The molecule has 0 fully saturated rings. The maximum absolute atomic E-state index is 11.0. The minimum absolute atomic E-state index is 0.231. The van der Waals surface area contributed by atoms with Crippen LogP contribution < -0.4 is 4.90 Å². The Morgan fingerprint density at radius 1 is 1.62 bits per heavy atom. The van der Waals surface area contributed by atoms with Gasteiger partial charge in [-0.05, 0) is 19.1 Å². The van der Waals surface area contributed by atoms with Gasteiger partial charge in [0, 0.05) is 19.3 Å². The molecule has 0 aromatic carbocycles. The van der Waals surface area contributed by atoms with E-state index in [1.165, 1.54) is 7.11 Å². The van der Waals surface area contributed by atoms with Gasteiger partial charge < -0.3 is 9.64 Å². The molecule has 88 valence electrons. The lowest BCUT2D eigenvalue weighted by Gasteiger charge is -2.22. The first-order chi connectivity index (χ1) is 7.69. The standard InChI is InChI=1S/C11H15ClN2O2/c1-3-14(8-6-10(15)16-2)11-9(12)5-4-7-13-11/h4-5,7H,3,6,8H2,1-2H3. The number of aromatic nitrogens is 1. The zero-order valence-electron chi connectivity index (χ0n) is 9.44. The van der Waals surface area contributed by atoms with Crippen molar-refractivity contribution in [3.63, 3.8) is 0 Å². The van der Waals surface area contributed by atoms with E-state index < -0.39 is 0 Å². The molecular weight excluding hydrogens is 228 g/mol. The fourth-order valence-corrected chi connectivity index (χ4v) is 1.59. The lowest BCUT2D eigenvalue weighted by atomic mass is 10.3.